The molecule has 0 saturated carbocycles. The molecule has 0 fully saturated rings. The van der Waals surface area contributed by atoms with Crippen LogP contribution in [0.15, 0.2) is 188 Å². The molecule has 0 unspecified atom stereocenters. The number of anilines is 3. The van der Waals surface area contributed by atoms with Gasteiger partial charge in [0.15, 0.2) is 17.5 Å². The first-order valence-electron chi connectivity index (χ1n) is 20.5. The number of aromatic amines is 1. The molecule has 0 amide bonds. The van der Waals surface area contributed by atoms with Crippen LogP contribution in [0.5, 0.6) is 0 Å². The molecule has 0 bridgehead atoms. The Morgan fingerprint density at radius 1 is 0.467 bits per heavy atom. The molecule has 6 nitrogen and oxygen atoms in total. The van der Waals surface area contributed by atoms with Gasteiger partial charge < -0.3 is 14.5 Å². The van der Waals surface area contributed by atoms with E-state index in [4.69, 9.17) is 15.0 Å². The second-order valence-electron chi connectivity index (χ2n) is 16.1. The Bertz CT molecular complexity index is 3400. The van der Waals surface area contributed by atoms with Gasteiger partial charge in [-0.25, -0.2) is 15.0 Å². The summed E-state index contributed by atoms with van der Waals surface area (Å²) in [6, 6.07) is 66.5. The van der Waals surface area contributed by atoms with Gasteiger partial charge in [0.25, 0.3) is 0 Å². The van der Waals surface area contributed by atoms with Crippen molar-refractivity contribution in [2.24, 2.45) is 0 Å². The first kappa shape index (κ1) is 34.2. The predicted molar refractivity (Wildman–Crippen MR) is 247 cm³/mol. The topological polar surface area (TPSA) is 62.6 Å². The summed E-state index contributed by atoms with van der Waals surface area (Å²) >= 11 is 0. The van der Waals surface area contributed by atoms with Crippen LogP contribution < -0.4 is 4.90 Å². The van der Waals surface area contributed by atoms with Gasteiger partial charge >= 0.3 is 0 Å². The number of aromatic nitrogens is 5. The van der Waals surface area contributed by atoms with Crippen LogP contribution in [0.25, 0.3) is 83.5 Å². The second-order valence-corrected chi connectivity index (χ2v) is 16.1. The lowest BCUT2D eigenvalue weighted by molar-refractivity contribution is 0.638. The zero-order chi connectivity index (χ0) is 40.0. The highest BCUT2D eigenvalue weighted by Gasteiger charge is 2.41. The summed E-state index contributed by atoms with van der Waals surface area (Å²) in [4.78, 5) is 21.5. The van der Waals surface area contributed by atoms with Gasteiger partial charge in [0.05, 0.1) is 27.9 Å². The standard InChI is InChI=1S/C54H38N6/c1-54(2)43-31-29-42-40-26-13-15-28-45(40)60(38-24-16-21-36(33-38)53-57-51(34-17-6-3-7-18-34)56-52(58-53)35-19-8-4-9-20-35)49(42)50(43)59(37-22-10-5-11-23-37)46-32-30-41-39-25-12-14-27-44(39)55-48(41)47(46)54/h3-33,55H,1-2H3. The van der Waals surface area contributed by atoms with Crippen molar-refractivity contribution in [3.8, 4) is 39.9 Å². The molecule has 1 aliphatic rings. The fraction of sp³-hybridized carbons (Fsp3) is 0.0556. The zero-order valence-corrected chi connectivity index (χ0v) is 33.1. The van der Waals surface area contributed by atoms with E-state index in [0.29, 0.717) is 17.5 Å². The van der Waals surface area contributed by atoms with Gasteiger partial charge in [-0.1, -0.05) is 159 Å². The summed E-state index contributed by atoms with van der Waals surface area (Å²) in [6.07, 6.45) is 0. The smallest absolute Gasteiger partial charge is 0.164 e. The van der Waals surface area contributed by atoms with Gasteiger partial charge in [0.1, 0.15) is 0 Å². The van der Waals surface area contributed by atoms with Gasteiger partial charge in [-0.05, 0) is 48.0 Å². The van der Waals surface area contributed by atoms with Crippen LogP contribution in [0.2, 0.25) is 0 Å². The third-order valence-electron chi connectivity index (χ3n) is 12.3. The molecule has 3 aromatic heterocycles. The highest BCUT2D eigenvalue weighted by Crippen LogP contribution is 2.57. The largest absolute Gasteiger partial charge is 0.354 e. The number of para-hydroxylation sites is 3. The lowest BCUT2D eigenvalue weighted by atomic mass is 9.72. The van der Waals surface area contributed by atoms with Crippen LogP contribution in [-0.4, -0.2) is 24.5 Å². The lowest BCUT2D eigenvalue weighted by Gasteiger charge is -2.42. The molecular weight excluding hydrogens is 733 g/mol. The molecule has 1 aliphatic heterocycles. The molecule has 6 heteroatoms. The van der Waals surface area contributed by atoms with E-state index in [1.807, 2.05) is 60.7 Å². The number of fused-ring (bicyclic) bond motifs is 10. The van der Waals surface area contributed by atoms with Gasteiger partial charge in [-0.3, -0.25) is 0 Å². The zero-order valence-electron chi connectivity index (χ0n) is 33.1. The van der Waals surface area contributed by atoms with Crippen molar-refractivity contribution < 1.29 is 0 Å². The number of nitrogens with one attached hydrogen (secondary N) is 1. The highest BCUT2D eigenvalue weighted by molar-refractivity contribution is 6.17. The second kappa shape index (κ2) is 13.1. The van der Waals surface area contributed by atoms with Crippen LogP contribution >= 0.6 is 0 Å². The van der Waals surface area contributed by atoms with E-state index < -0.39 is 0 Å². The molecule has 1 N–H and O–H groups in total. The average Bonchev–Trinajstić information content (AvgIpc) is 3.86. The molecular formula is C54H38N6. The maximum absolute atomic E-state index is 5.11. The number of nitrogens with zero attached hydrogens (tertiary/aromatic N) is 5. The van der Waals surface area contributed by atoms with Crippen LogP contribution in [-0.2, 0) is 5.41 Å². The van der Waals surface area contributed by atoms with Crippen LogP contribution in [0.1, 0.15) is 25.0 Å². The summed E-state index contributed by atoms with van der Waals surface area (Å²) < 4.78 is 2.45. The average molecular weight is 771 g/mol. The van der Waals surface area contributed by atoms with Crippen molar-refractivity contribution in [2.45, 2.75) is 19.3 Å². The Labute approximate surface area is 347 Å². The monoisotopic (exact) mass is 770 g/mol. The van der Waals surface area contributed by atoms with Gasteiger partial charge in [-0.2, -0.15) is 0 Å². The van der Waals surface area contributed by atoms with Crippen LogP contribution in [0.3, 0.4) is 0 Å². The van der Waals surface area contributed by atoms with Crippen molar-refractivity contribution >= 4 is 60.7 Å². The number of benzene rings is 8. The Morgan fingerprint density at radius 2 is 1.03 bits per heavy atom. The van der Waals surface area contributed by atoms with Gasteiger partial charge in [-0.15, -0.1) is 0 Å². The number of hydrogen-bond donors (Lipinski definition) is 1. The normalized spacial score (nSPS) is 13.3. The summed E-state index contributed by atoms with van der Waals surface area (Å²) in [6.45, 7) is 4.76. The van der Waals surface area contributed by atoms with E-state index in [1.165, 1.54) is 49.6 Å². The molecule has 12 rings (SSSR count). The van der Waals surface area contributed by atoms with E-state index in [1.54, 1.807) is 0 Å². The fourth-order valence-electron chi connectivity index (χ4n) is 9.59. The quantitative estimate of drug-likeness (QED) is 0.189. The summed E-state index contributed by atoms with van der Waals surface area (Å²) in [5.41, 5.74) is 14.1. The van der Waals surface area contributed by atoms with E-state index in [0.717, 1.165) is 44.6 Å². The molecule has 4 heterocycles. The minimum Gasteiger partial charge on any atom is -0.354 e. The predicted octanol–water partition coefficient (Wildman–Crippen LogP) is 13.7. The van der Waals surface area contributed by atoms with Crippen molar-refractivity contribution in [2.75, 3.05) is 4.90 Å². The molecule has 8 aromatic carbocycles. The van der Waals surface area contributed by atoms with E-state index in [-0.39, 0.29) is 5.41 Å². The summed E-state index contributed by atoms with van der Waals surface area (Å²) in [5.74, 6) is 1.90. The maximum atomic E-state index is 5.11. The molecule has 0 atom stereocenters. The Kier molecular flexibility index (Phi) is 7.47. The van der Waals surface area contributed by atoms with Crippen molar-refractivity contribution in [1.29, 1.82) is 0 Å². The third-order valence-corrected chi connectivity index (χ3v) is 12.3. The Hall–Kier alpha value is -7.83. The lowest BCUT2D eigenvalue weighted by Crippen LogP contribution is -2.31. The molecule has 0 aliphatic carbocycles. The minimum absolute atomic E-state index is 0.361. The minimum atomic E-state index is -0.361. The highest BCUT2D eigenvalue weighted by atomic mass is 15.2. The Morgan fingerprint density at radius 3 is 1.75 bits per heavy atom. The molecule has 11 aromatic rings. The molecule has 0 radical (unpaired) electrons. The van der Waals surface area contributed by atoms with Gasteiger partial charge in [0.2, 0.25) is 0 Å². The van der Waals surface area contributed by atoms with Crippen molar-refractivity contribution in [3.05, 3.63) is 199 Å². The van der Waals surface area contributed by atoms with Crippen LogP contribution in [0.4, 0.5) is 17.1 Å². The molecule has 60 heavy (non-hydrogen) atoms. The number of H-pyrrole nitrogens is 1. The molecule has 0 saturated heterocycles. The Balaban J connectivity index is 1.13. The molecule has 284 valence electrons. The van der Waals surface area contributed by atoms with E-state index in [2.05, 4.69) is 156 Å². The number of hydrogen-bond acceptors (Lipinski definition) is 4. The van der Waals surface area contributed by atoms with Gasteiger partial charge in [0, 0.05) is 66.1 Å². The van der Waals surface area contributed by atoms with Crippen molar-refractivity contribution in [3.63, 3.8) is 0 Å². The maximum Gasteiger partial charge on any atom is 0.164 e. The van der Waals surface area contributed by atoms with Crippen molar-refractivity contribution in [1.82, 2.24) is 24.5 Å². The first-order chi connectivity index (χ1) is 29.5. The van der Waals surface area contributed by atoms with E-state index >= 15 is 0 Å². The van der Waals surface area contributed by atoms with E-state index in [9.17, 15) is 0 Å². The number of rotatable bonds is 5. The summed E-state index contributed by atoms with van der Waals surface area (Å²) in [5, 5.41) is 4.87. The fourth-order valence-corrected chi connectivity index (χ4v) is 9.59. The SMILES string of the molecule is CC1(C)c2ccc3c4ccccc4n(-c4cccc(-c5nc(-c6ccccc6)nc(-c6ccccc6)n5)c4)c3c2N(c2ccccc2)c2ccc3c([nH]c4ccccc43)c21. The van der Waals surface area contributed by atoms with Crippen LogP contribution in [0, 0.1) is 0 Å². The third kappa shape index (κ3) is 5.10. The first-order valence-corrected chi connectivity index (χ1v) is 20.5. The summed E-state index contributed by atoms with van der Waals surface area (Å²) in [7, 11) is 0. The molecule has 0 spiro atoms.